The normalized spacial score (nSPS) is 20.3. The van der Waals surface area contributed by atoms with Gasteiger partial charge in [-0.25, -0.2) is 0 Å². The molecule has 38 heavy (non-hydrogen) atoms. The van der Waals surface area contributed by atoms with E-state index < -0.39 is 0 Å². The van der Waals surface area contributed by atoms with Crippen LogP contribution in [-0.4, -0.2) is 72.4 Å². The average molecular weight is 540 g/mol. The van der Waals surface area contributed by atoms with E-state index in [2.05, 4.69) is 54.8 Å². The van der Waals surface area contributed by atoms with E-state index in [9.17, 15) is 9.59 Å². The summed E-state index contributed by atoms with van der Waals surface area (Å²) in [5, 5.41) is 0.722. The lowest BCUT2D eigenvalue weighted by atomic mass is 9.82. The van der Waals surface area contributed by atoms with Crippen LogP contribution >= 0.6 is 11.6 Å². The molecule has 2 heterocycles. The molecule has 2 aliphatic heterocycles. The van der Waals surface area contributed by atoms with Gasteiger partial charge in [0.1, 0.15) is 5.75 Å². The molecule has 0 N–H and O–H groups in total. The van der Waals surface area contributed by atoms with Gasteiger partial charge in [-0.2, -0.15) is 0 Å². The van der Waals surface area contributed by atoms with E-state index in [-0.39, 0.29) is 29.3 Å². The van der Waals surface area contributed by atoms with Crippen LogP contribution in [0.3, 0.4) is 0 Å². The molecule has 0 radical (unpaired) electrons. The standard InChI is InChI=1S/C31H42ClN3O3/c1-22(36)33-16-14-23(15-17-33)20-29(37)35-19-18-34(21-28(35)31(2,3)4)30(24-6-10-26(32)11-7-24)25-8-12-27(38-5)13-9-25/h6-13,23,28,30H,14-21H2,1-5H3/t28-,30?/m1/s1. The zero-order chi connectivity index (χ0) is 27.4. The number of hydrogen-bond donors (Lipinski definition) is 0. The number of piperidine rings is 1. The Morgan fingerprint density at radius 1 is 0.947 bits per heavy atom. The quantitative estimate of drug-likeness (QED) is 0.476. The van der Waals surface area contributed by atoms with Gasteiger partial charge in [0.15, 0.2) is 0 Å². The summed E-state index contributed by atoms with van der Waals surface area (Å²) in [4.78, 5) is 31.9. The lowest BCUT2D eigenvalue weighted by Gasteiger charge is -2.50. The minimum Gasteiger partial charge on any atom is -0.497 e. The number of likely N-dealkylation sites (tertiary alicyclic amines) is 1. The average Bonchev–Trinajstić information content (AvgIpc) is 2.90. The fourth-order valence-electron chi connectivity index (χ4n) is 5.94. The number of benzene rings is 2. The van der Waals surface area contributed by atoms with E-state index >= 15 is 0 Å². The molecule has 2 saturated heterocycles. The number of hydrogen-bond acceptors (Lipinski definition) is 4. The highest BCUT2D eigenvalue weighted by Crippen LogP contribution is 2.36. The summed E-state index contributed by atoms with van der Waals surface area (Å²) in [6.07, 6.45) is 2.38. The highest BCUT2D eigenvalue weighted by atomic mass is 35.5. The highest BCUT2D eigenvalue weighted by Gasteiger charge is 2.40. The number of piperazine rings is 1. The molecule has 0 saturated carbocycles. The van der Waals surface area contributed by atoms with Crippen LogP contribution in [0, 0.1) is 11.3 Å². The molecule has 2 fully saturated rings. The van der Waals surface area contributed by atoms with Gasteiger partial charge in [-0.05, 0) is 59.6 Å². The van der Waals surface area contributed by atoms with Crippen molar-refractivity contribution in [1.82, 2.24) is 14.7 Å². The molecular formula is C31H42ClN3O3. The Morgan fingerprint density at radius 3 is 2.05 bits per heavy atom. The van der Waals surface area contributed by atoms with Crippen molar-refractivity contribution < 1.29 is 14.3 Å². The molecule has 1 unspecified atom stereocenters. The Bertz CT molecular complexity index is 1090. The first kappa shape index (κ1) is 28.4. The van der Waals surface area contributed by atoms with Crippen LogP contribution in [0.5, 0.6) is 5.75 Å². The van der Waals surface area contributed by atoms with Gasteiger partial charge in [-0.15, -0.1) is 0 Å². The van der Waals surface area contributed by atoms with Gasteiger partial charge in [-0.1, -0.05) is 56.6 Å². The molecule has 206 valence electrons. The van der Waals surface area contributed by atoms with E-state index in [1.165, 1.54) is 11.1 Å². The van der Waals surface area contributed by atoms with E-state index in [1.807, 2.05) is 29.2 Å². The predicted octanol–water partition coefficient (Wildman–Crippen LogP) is 5.65. The van der Waals surface area contributed by atoms with E-state index in [1.54, 1.807) is 14.0 Å². The topological polar surface area (TPSA) is 53.1 Å². The van der Waals surface area contributed by atoms with Crippen molar-refractivity contribution in [2.24, 2.45) is 11.3 Å². The van der Waals surface area contributed by atoms with E-state index in [0.717, 1.165) is 49.8 Å². The van der Waals surface area contributed by atoms with Crippen molar-refractivity contribution in [1.29, 1.82) is 0 Å². The largest absolute Gasteiger partial charge is 0.497 e. The third kappa shape index (κ3) is 6.70. The van der Waals surface area contributed by atoms with Gasteiger partial charge in [-0.3, -0.25) is 14.5 Å². The molecule has 0 aliphatic carbocycles. The summed E-state index contributed by atoms with van der Waals surface area (Å²) in [5.74, 6) is 1.56. The van der Waals surface area contributed by atoms with Crippen LogP contribution in [0.1, 0.15) is 64.1 Å². The molecule has 4 rings (SSSR count). The van der Waals surface area contributed by atoms with Crippen LogP contribution in [-0.2, 0) is 9.59 Å². The Hall–Kier alpha value is -2.57. The van der Waals surface area contributed by atoms with Gasteiger partial charge < -0.3 is 14.5 Å². The molecule has 2 aromatic carbocycles. The number of halogens is 1. The molecule has 2 aromatic rings. The number of amides is 2. The van der Waals surface area contributed by atoms with Crippen molar-refractivity contribution in [3.8, 4) is 5.75 Å². The van der Waals surface area contributed by atoms with Crippen LogP contribution < -0.4 is 4.74 Å². The third-order valence-corrected chi connectivity index (χ3v) is 8.49. The first-order valence-corrected chi connectivity index (χ1v) is 14.1. The van der Waals surface area contributed by atoms with Gasteiger partial charge in [0.2, 0.25) is 11.8 Å². The fraction of sp³-hybridized carbons (Fsp3) is 0.548. The third-order valence-electron chi connectivity index (χ3n) is 8.24. The highest BCUT2D eigenvalue weighted by molar-refractivity contribution is 6.30. The zero-order valence-corrected chi connectivity index (χ0v) is 24.2. The molecule has 2 amide bonds. The smallest absolute Gasteiger partial charge is 0.223 e. The lowest BCUT2D eigenvalue weighted by Crippen LogP contribution is -2.60. The number of carbonyl (C=O) groups excluding carboxylic acids is 2. The Kier molecular flexibility index (Phi) is 9.04. The fourth-order valence-corrected chi connectivity index (χ4v) is 6.07. The number of rotatable bonds is 6. The summed E-state index contributed by atoms with van der Waals surface area (Å²) in [6.45, 7) is 12.1. The van der Waals surface area contributed by atoms with Crippen molar-refractivity contribution in [2.45, 2.75) is 59.0 Å². The maximum Gasteiger partial charge on any atom is 0.223 e. The summed E-state index contributed by atoms with van der Waals surface area (Å²) >= 11 is 6.23. The predicted molar refractivity (Wildman–Crippen MR) is 152 cm³/mol. The summed E-state index contributed by atoms with van der Waals surface area (Å²) in [7, 11) is 1.68. The maximum absolute atomic E-state index is 13.7. The van der Waals surface area contributed by atoms with Crippen LogP contribution in [0.15, 0.2) is 48.5 Å². The van der Waals surface area contributed by atoms with Crippen LogP contribution in [0.4, 0.5) is 0 Å². The first-order valence-electron chi connectivity index (χ1n) is 13.7. The van der Waals surface area contributed by atoms with Crippen molar-refractivity contribution >= 4 is 23.4 Å². The van der Waals surface area contributed by atoms with Gasteiger partial charge >= 0.3 is 0 Å². The van der Waals surface area contributed by atoms with Gasteiger partial charge in [0.05, 0.1) is 13.2 Å². The molecule has 7 heteroatoms. The SMILES string of the molecule is COc1ccc(C(c2ccc(Cl)cc2)N2CCN(C(=O)CC3CCN(C(C)=O)CC3)[C@@H](C(C)(C)C)C2)cc1. The molecule has 2 atom stereocenters. The molecule has 0 spiro atoms. The summed E-state index contributed by atoms with van der Waals surface area (Å²) in [6, 6.07) is 16.5. The number of nitrogens with zero attached hydrogens (tertiary/aromatic N) is 3. The second-order valence-corrected chi connectivity index (χ2v) is 12.3. The monoisotopic (exact) mass is 539 g/mol. The Balaban J connectivity index is 1.54. The van der Waals surface area contributed by atoms with Crippen LogP contribution in [0.2, 0.25) is 5.02 Å². The maximum atomic E-state index is 13.7. The minimum absolute atomic E-state index is 0.0520. The Morgan fingerprint density at radius 2 is 1.53 bits per heavy atom. The Labute approximate surface area is 232 Å². The van der Waals surface area contributed by atoms with E-state index in [0.29, 0.717) is 18.9 Å². The molecule has 6 nitrogen and oxygen atoms in total. The number of methoxy groups -OCH3 is 1. The second-order valence-electron chi connectivity index (χ2n) is 11.8. The van der Waals surface area contributed by atoms with E-state index in [4.69, 9.17) is 16.3 Å². The summed E-state index contributed by atoms with van der Waals surface area (Å²) in [5.41, 5.74) is 2.30. The number of carbonyl (C=O) groups is 2. The van der Waals surface area contributed by atoms with Crippen molar-refractivity contribution in [2.75, 3.05) is 39.8 Å². The lowest BCUT2D eigenvalue weighted by molar-refractivity contribution is -0.141. The van der Waals surface area contributed by atoms with Gasteiger partial charge in [0.25, 0.3) is 0 Å². The molecule has 0 aromatic heterocycles. The van der Waals surface area contributed by atoms with Crippen LogP contribution in [0.25, 0.3) is 0 Å². The van der Waals surface area contributed by atoms with Crippen molar-refractivity contribution in [3.05, 3.63) is 64.7 Å². The second kappa shape index (κ2) is 12.1. The molecule has 0 bridgehead atoms. The molecular weight excluding hydrogens is 498 g/mol. The van der Waals surface area contributed by atoms with Gasteiger partial charge in [0, 0.05) is 57.1 Å². The zero-order valence-electron chi connectivity index (χ0n) is 23.5. The molecule has 2 aliphatic rings. The number of ether oxygens (including phenoxy) is 1. The minimum atomic E-state index is -0.0726. The van der Waals surface area contributed by atoms with Crippen molar-refractivity contribution in [3.63, 3.8) is 0 Å². The summed E-state index contributed by atoms with van der Waals surface area (Å²) < 4.78 is 5.40. The first-order chi connectivity index (χ1) is 18.1.